The van der Waals surface area contributed by atoms with E-state index in [1.54, 1.807) is 6.20 Å². The summed E-state index contributed by atoms with van der Waals surface area (Å²) in [5.41, 5.74) is 5.04. The summed E-state index contributed by atoms with van der Waals surface area (Å²) in [4.78, 5) is 10.6. The van der Waals surface area contributed by atoms with Crippen LogP contribution in [0.4, 0.5) is 5.95 Å². The van der Waals surface area contributed by atoms with Crippen molar-refractivity contribution < 1.29 is 0 Å². The average molecular weight is 270 g/mol. The van der Waals surface area contributed by atoms with Crippen LogP contribution in [0.3, 0.4) is 0 Å². The van der Waals surface area contributed by atoms with Gasteiger partial charge in [-0.25, -0.2) is 9.97 Å². The molecule has 0 radical (unpaired) electrons. The maximum Gasteiger partial charge on any atom is 0.225 e. The molecular weight excluding hydrogens is 248 g/mol. The number of aryl methyl sites for hydroxylation is 1. The van der Waals surface area contributed by atoms with Crippen molar-refractivity contribution in [1.82, 2.24) is 15.3 Å². The molecule has 0 unspecified atom stereocenters. The Morgan fingerprint density at radius 3 is 2.65 bits per heavy atom. The van der Waals surface area contributed by atoms with Crippen LogP contribution in [0.5, 0.6) is 0 Å². The third kappa shape index (κ3) is 3.54. The molecule has 106 valence electrons. The van der Waals surface area contributed by atoms with E-state index in [0.29, 0.717) is 0 Å². The van der Waals surface area contributed by atoms with Crippen molar-refractivity contribution in [3.05, 3.63) is 52.8 Å². The summed E-state index contributed by atoms with van der Waals surface area (Å²) in [6.45, 7) is 5.92. The van der Waals surface area contributed by atoms with Crippen molar-refractivity contribution >= 4 is 5.95 Å². The average Bonchev–Trinajstić information content (AvgIpc) is 2.44. The number of nitrogens with one attached hydrogen (secondary N) is 1. The predicted molar refractivity (Wildman–Crippen MR) is 82.8 cm³/mol. The van der Waals surface area contributed by atoms with E-state index in [1.807, 2.05) is 25.1 Å². The number of aromatic nitrogens is 2. The highest BCUT2D eigenvalue weighted by Crippen LogP contribution is 2.12. The fraction of sp³-hybridized carbons (Fsp3) is 0.375. The first-order chi connectivity index (χ1) is 9.58. The monoisotopic (exact) mass is 270 g/mol. The first kappa shape index (κ1) is 14.5. The van der Waals surface area contributed by atoms with Gasteiger partial charge in [-0.15, -0.1) is 0 Å². The van der Waals surface area contributed by atoms with Crippen LogP contribution >= 0.6 is 0 Å². The van der Waals surface area contributed by atoms with Crippen LogP contribution in [-0.4, -0.2) is 24.1 Å². The van der Waals surface area contributed by atoms with Crippen molar-refractivity contribution in [2.24, 2.45) is 0 Å². The number of nitrogens with zero attached hydrogens (tertiary/aromatic N) is 3. The number of benzene rings is 1. The lowest BCUT2D eigenvalue weighted by Gasteiger charge is -2.12. The van der Waals surface area contributed by atoms with E-state index in [0.717, 1.165) is 24.7 Å². The summed E-state index contributed by atoms with van der Waals surface area (Å²) in [6, 6.07) is 8.37. The van der Waals surface area contributed by atoms with Gasteiger partial charge in [-0.1, -0.05) is 18.2 Å². The Bertz CT molecular complexity index is 578. The molecule has 0 atom stereocenters. The maximum absolute atomic E-state index is 4.50. The van der Waals surface area contributed by atoms with E-state index >= 15 is 0 Å². The summed E-state index contributed by atoms with van der Waals surface area (Å²) >= 11 is 0. The zero-order chi connectivity index (χ0) is 14.5. The Kier molecular flexibility index (Phi) is 4.69. The van der Waals surface area contributed by atoms with Crippen molar-refractivity contribution in [3.8, 4) is 0 Å². The molecule has 0 spiro atoms. The summed E-state index contributed by atoms with van der Waals surface area (Å²) in [5.74, 6) is 0.746. The van der Waals surface area contributed by atoms with Gasteiger partial charge in [0.15, 0.2) is 0 Å². The summed E-state index contributed by atoms with van der Waals surface area (Å²) < 4.78 is 0. The Balaban J connectivity index is 1.96. The number of hydrogen-bond acceptors (Lipinski definition) is 4. The third-order valence-corrected chi connectivity index (χ3v) is 3.44. The predicted octanol–water partition coefficient (Wildman–Crippen LogP) is 2.45. The molecule has 1 N–H and O–H groups in total. The van der Waals surface area contributed by atoms with Crippen LogP contribution in [0.1, 0.15) is 22.4 Å². The Morgan fingerprint density at radius 2 is 1.90 bits per heavy atom. The van der Waals surface area contributed by atoms with Crippen molar-refractivity contribution in [3.63, 3.8) is 0 Å². The van der Waals surface area contributed by atoms with Gasteiger partial charge in [-0.05, 0) is 36.6 Å². The van der Waals surface area contributed by atoms with Crippen LogP contribution in [0, 0.1) is 13.8 Å². The molecule has 1 aromatic carbocycles. The minimum Gasteiger partial charge on any atom is -0.347 e. The molecular formula is C16H22N4. The smallest absolute Gasteiger partial charge is 0.225 e. The second kappa shape index (κ2) is 6.48. The zero-order valence-corrected chi connectivity index (χ0v) is 12.6. The molecule has 0 aliphatic heterocycles. The van der Waals surface area contributed by atoms with Crippen LogP contribution in [-0.2, 0) is 13.1 Å². The molecule has 1 aromatic heterocycles. The van der Waals surface area contributed by atoms with Crippen LogP contribution in [0.25, 0.3) is 0 Å². The van der Waals surface area contributed by atoms with Gasteiger partial charge in [0.05, 0.1) is 5.69 Å². The van der Waals surface area contributed by atoms with Gasteiger partial charge in [0, 0.05) is 33.4 Å². The fourth-order valence-corrected chi connectivity index (χ4v) is 2.03. The van der Waals surface area contributed by atoms with Crippen LogP contribution < -0.4 is 10.2 Å². The SMILES string of the molecule is Cc1cccc(CNCc2ccnc(N(C)C)n2)c1C. The van der Waals surface area contributed by atoms with E-state index in [4.69, 9.17) is 0 Å². The highest BCUT2D eigenvalue weighted by atomic mass is 15.2. The van der Waals surface area contributed by atoms with Crippen LogP contribution in [0.2, 0.25) is 0 Å². The lowest BCUT2D eigenvalue weighted by molar-refractivity contribution is 0.674. The van der Waals surface area contributed by atoms with Gasteiger partial charge < -0.3 is 10.2 Å². The van der Waals surface area contributed by atoms with Crippen molar-refractivity contribution in [2.45, 2.75) is 26.9 Å². The molecule has 0 bridgehead atoms. The number of rotatable bonds is 5. The normalized spacial score (nSPS) is 10.6. The van der Waals surface area contributed by atoms with Gasteiger partial charge in [0.2, 0.25) is 5.95 Å². The summed E-state index contributed by atoms with van der Waals surface area (Å²) in [5, 5.41) is 3.44. The lowest BCUT2D eigenvalue weighted by atomic mass is 10.0. The second-order valence-electron chi connectivity index (χ2n) is 5.20. The quantitative estimate of drug-likeness (QED) is 0.906. The Hall–Kier alpha value is -1.94. The Morgan fingerprint density at radius 1 is 1.10 bits per heavy atom. The van der Waals surface area contributed by atoms with Gasteiger partial charge in [-0.2, -0.15) is 0 Å². The molecule has 0 saturated heterocycles. The minimum absolute atomic E-state index is 0.746. The topological polar surface area (TPSA) is 41.1 Å². The molecule has 1 heterocycles. The van der Waals surface area contributed by atoms with Crippen molar-refractivity contribution in [2.75, 3.05) is 19.0 Å². The van der Waals surface area contributed by atoms with E-state index in [-0.39, 0.29) is 0 Å². The summed E-state index contributed by atoms with van der Waals surface area (Å²) in [6.07, 6.45) is 1.80. The lowest BCUT2D eigenvalue weighted by Crippen LogP contribution is -2.17. The molecule has 4 heteroatoms. The minimum atomic E-state index is 0.746. The van der Waals surface area contributed by atoms with E-state index in [2.05, 4.69) is 47.3 Å². The van der Waals surface area contributed by atoms with Gasteiger partial charge in [0.1, 0.15) is 0 Å². The van der Waals surface area contributed by atoms with Gasteiger partial charge in [-0.3, -0.25) is 0 Å². The second-order valence-corrected chi connectivity index (χ2v) is 5.20. The Labute approximate surface area is 120 Å². The molecule has 4 nitrogen and oxygen atoms in total. The standard InChI is InChI=1S/C16H22N4/c1-12-6-5-7-14(13(12)2)10-17-11-15-8-9-18-16(19-15)20(3)4/h5-9,17H,10-11H2,1-4H3. The molecule has 0 saturated carbocycles. The van der Waals surface area contributed by atoms with E-state index in [1.165, 1.54) is 16.7 Å². The summed E-state index contributed by atoms with van der Waals surface area (Å²) in [7, 11) is 3.89. The highest BCUT2D eigenvalue weighted by Gasteiger charge is 2.03. The number of hydrogen-bond donors (Lipinski definition) is 1. The molecule has 0 aliphatic carbocycles. The first-order valence-electron chi connectivity index (χ1n) is 6.83. The largest absolute Gasteiger partial charge is 0.347 e. The number of anilines is 1. The van der Waals surface area contributed by atoms with Gasteiger partial charge >= 0.3 is 0 Å². The zero-order valence-electron chi connectivity index (χ0n) is 12.6. The van der Waals surface area contributed by atoms with E-state index < -0.39 is 0 Å². The molecule has 0 amide bonds. The first-order valence-corrected chi connectivity index (χ1v) is 6.83. The molecule has 2 aromatic rings. The fourth-order valence-electron chi connectivity index (χ4n) is 2.03. The molecule has 2 rings (SSSR count). The highest BCUT2D eigenvalue weighted by molar-refractivity contribution is 5.33. The third-order valence-electron chi connectivity index (χ3n) is 3.44. The maximum atomic E-state index is 4.50. The van der Waals surface area contributed by atoms with Gasteiger partial charge in [0.25, 0.3) is 0 Å². The van der Waals surface area contributed by atoms with Crippen molar-refractivity contribution in [1.29, 1.82) is 0 Å². The molecule has 20 heavy (non-hydrogen) atoms. The van der Waals surface area contributed by atoms with E-state index in [9.17, 15) is 0 Å². The van der Waals surface area contributed by atoms with Crippen LogP contribution in [0.15, 0.2) is 30.5 Å². The molecule has 0 fully saturated rings. The molecule has 0 aliphatic rings.